The van der Waals surface area contributed by atoms with Gasteiger partial charge >= 0.3 is 12.5 Å². The number of aromatic nitrogens is 1. The number of nitrogens with one attached hydrogen (secondary N) is 1. The fourth-order valence-electron chi connectivity index (χ4n) is 3.85. The average Bonchev–Trinajstić information content (AvgIpc) is 3.68. The molecule has 39 heavy (non-hydrogen) atoms. The summed E-state index contributed by atoms with van der Waals surface area (Å²) in [6, 6.07) is 7.00. The van der Waals surface area contributed by atoms with E-state index in [0.717, 1.165) is 43.5 Å². The van der Waals surface area contributed by atoms with Gasteiger partial charge in [-0.25, -0.2) is 0 Å². The summed E-state index contributed by atoms with van der Waals surface area (Å²) >= 11 is 0. The van der Waals surface area contributed by atoms with Crippen molar-refractivity contribution < 1.29 is 50.1 Å². The number of halogens is 6. The lowest BCUT2D eigenvalue weighted by molar-refractivity contribution is -0.274. The zero-order valence-electron chi connectivity index (χ0n) is 19.9. The topological polar surface area (TPSA) is 113 Å². The van der Waals surface area contributed by atoms with Crippen LogP contribution in [0, 0.1) is 0 Å². The Balaban J connectivity index is 1.79. The number of nitrogens with two attached hydrogens (primary N) is 1. The minimum absolute atomic E-state index is 0.0279. The molecule has 1 aromatic heterocycles. The Morgan fingerprint density at radius 1 is 0.974 bits per heavy atom. The summed E-state index contributed by atoms with van der Waals surface area (Å²) in [7, 11) is 1.13. The molecule has 0 saturated heterocycles. The molecule has 1 heterocycles. The maximum absolute atomic E-state index is 13.9. The fraction of sp³-hybridized carbons (Fsp3) is 0.240. The predicted octanol–water partition coefficient (Wildman–Crippen LogP) is 6.03. The minimum atomic E-state index is -4.98. The zero-order chi connectivity index (χ0) is 28.5. The van der Waals surface area contributed by atoms with Gasteiger partial charge in [-0.2, -0.15) is 13.2 Å². The largest absolute Gasteiger partial charge is 0.573 e. The van der Waals surface area contributed by atoms with Gasteiger partial charge < -0.3 is 25.3 Å². The summed E-state index contributed by atoms with van der Waals surface area (Å²) in [5.41, 5.74) is 3.27. The summed E-state index contributed by atoms with van der Waals surface area (Å²) in [5, 5.41) is 2.43. The highest BCUT2D eigenvalue weighted by molar-refractivity contribution is 6.08. The van der Waals surface area contributed by atoms with Gasteiger partial charge in [0, 0.05) is 18.0 Å². The standard InChI is InChI=1S/C25H19F6N3O5/c1-37-19-11-14(39-25(29,30)31)4-6-17(19)38-18-7-5-15(24(26,27)28)20(12-2-3-12)21(18)23(36)34-13-8-9-33-16(10-13)22(32)35/h4-12H,2-3H2,1H3,(H2,32,35)(H,33,34,36). The van der Waals surface area contributed by atoms with Crippen molar-refractivity contribution in [3.8, 4) is 23.0 Å². The molecule has 0 unspecified atom stereocenters. The van der Waals surface area contributed by atoms with E-state index in [9.17, 15) is 35.9 Å². The molecule has 1 fully saturated rings. The summed E-state index contributed by atoms with van der Waals surface area (Å²) in [5.74, 6) is -3.84. The first-order chi connectivity index (χ1) is 18.3. The number of ether oxygens (including phenoxy) is 3. The van der Waals surface area contributed by atoms with E-state index in [2.05, 4.69) is 15.0 Å². The second-order valence-corrected chi connectivity index (χ2v) is 8.38. The number of carbonyl (C=O) groups is 2. The van der Waals surface area contributed by atoms with Crippen molar-refractivity contribution in [1.29, 1.82) is 0 Å². The molecule has 0 aliphatic heterocycles. The third-order valence-electron chi connectivity index (χ3n) is 5.58. The number of alkyl halides is 6. The molecule has 3 N–H and O–H groups in total. The molecule has 1 saturated carbocycles. The number of primary amides is 1. The number of benzene rings is 2. The molecular weight excluding hydrogens is 536 g/mol. The minimum Gasteiger partial charge on any atom is -0.493 e. The van der Waals surface area contributed by atoms with Gasteiger partial charge in [0.15, 0.2) is 11.5 Å². The highest BCUT2D eigenvalue weighted by atomic mass is 19.4. The molecule has 0 bridgehead atoms. The Morgan fingerprint density at radius 2 is 1.67 bits per heavy atom. The van der Waals surface area contributed by atoms with E-state index in [1.165, 1.54) is 12.3 Å². The van der Waals surface area contributed by atoms with Gasteiger partial charge in [-0.05, 0) is 60.7 Å². The molecule has 8 nitrogen and oxygen atoms in total. The lowest BCUT2D eigenvalue weighted by atomic mass is 9.94. The van der Waals surface area contributed by atoms with Crippen LogP contribution in [0.2, 0.25) is 0 Å². The number of amides is 2. The number of anilines is 1. The number of hydrogen-bond donors (Lipinski definition) is 2. The summed E-state index contributed by atoms with van der Waals surface area (Å²) < 4.78 is 94.4. The van der Waals surface area contributed by atoms with Crippen molar-refractivity contribution in [3.05, 3.63) is 71.0 Å². The van der Waals surface area contributed by atoms with Crippen LogP contribution in [0.1, 0.15) is 50.7 Å². The van der Waals surface area contributed by atoms with Crippen molar-refractivity contribution in [2.45, 2.75) is 31.3 Å². The fourth-order valence-corrected chi connectivity index (χ4v) is 3.85. The SMILES string of the molecule is COc1cc(OC(F)(F)F)ccc1Oc1ccc(C(F)(F)F)c(C2CC2)c1C(=O)Nc1ccnc(C(N)=O)c1. The maximum Gasteiger partial charge on any atom is 0.573 e. The first-order valence-corrected chi connectivity index (χ1v) is 11.2. The zero-order valence-corrected chi connectivity index (χ0v) is 19.9. The Bertz CT molecular complexity index is 1420. The molecule has 14 heteroatoms. The van der Waals surface area contributed by atoms with Gasteiger partial charge in [-0.3, -0.25) is 14.6 Å². The quantitative estimate of drug-likeness (QED) is 0.329. The molecule has 1 aliphatic carbocycles. The van der Waals surface area contributed by atoms with Gasteiger partial charge in [0.05, 0.1) is 18.2 Å². The first-order valence-electron chi connectivity index (χ1n) is 11.2. The van der Waals surface area contributed by atoms with Crippen LogP contribution in [0.5, 0.6) is 23.0 Å². The van der Waals surface area contributed by atoms with Crippen LogP contribution in [0.3, 0.4) is 0 Å². The smallest absolute Gasteiger partial charge is 0.493 e. The van der Waals surface area contributed by atoms with E-state index in [4.69, 9.17) is 15.2 Å². The van der Waals surface area contributed by atoms with Crippen LogP contribution in [-0.2, 0) is 6.18 Å². The molecule has 0 atom stereocenters. The van der Waals surface area contributed by atoms with E-state index < -0.39 is 47.1 Å². The normalized spacial score (nSPS) is 13.5. The second-order valence-electron chi connectivity index (χ2n) is 8.38. The molecule has 206 valence electrons. The van der Waals surface area contributed by atoms with Crippen LogP contribution in [-0.4, -0.2) is 30.3 Å². The van der Waals surface area contributed by atoms with E-state index >= 15 is 0 Å². The maximum atomic E-state index is 13.9. The van der Waals surface area contributed by atoms with Gasteiger partial charge in [0.2, 0.25) is 0 Å². The lowest BCUT2D eigenvalue weighted by Crippen LogP contribution is -2.20. The van der Waals surface area contributed by atoms with Crippen LogP contribution >= 0.6 is 0 Å². The summed E-state index contributed by atoms with van der Waals surface area (Å²) in [6.07, 6.45) is -7.82. The van der Waals surface area contributed by atoms with Crippen molar-refractivity contribution in [2.24, 2.45) is 5.73 Å². The third kappa shape index (κ3) is 6.51. The number of pyridine rings is 1. The lowest BCUT2D eigenvalue weighted by Gasteiger charge is -2.21. The predicted molar refractivity (Wildman–Crippen MR) is 124 cm³/mol. The molecular formula is C25H19F6N3O5. The monoisotopic (exact) mass is 555 g/mol. The number of carbonyl (C=O) groups excluding carboxylic acids is 2. The number of hydrogen-bond acceptors (Lipinski definition) is 6. The summed E-state index contributed by atoms with van der Waals surface area (Å²) in [4.78, 5) is 28.6. The van der Waals surface area contributed by atoms with Crippen LogP contribution in [0.25, 0.3) is 0 Å². The van der Waals surface area contributed by atoms with Crippen molar-refractivity contribution in [2.75, 3.05) is 12.4 Å². The number of rotatable bonds is 8. The Hall–Kier alpha value is -4.49. The molecule has 2 aromatic carbocycles. The molecule has 0 spiro atoms. The van der Waals surface area contributed by atoms with Gasteiger partial charge in [-0.1, -0.05) is 0 Å². The number of nitrogens with zero attached hydrogens (tertiary/aromatic N) is 1. The van der Waals surface area contributed by atoms with Crippen LogP contribution < -0.4 is 25.3 Å². The molecule has 1 aliphatic rings. The Morgan fingerprint density at radius 3 is 2.26 bits per heavy atom. The Kier molecular flexibility index (Phi) is 7.31. The first kappa shape index (κ1) is 27.5. The molecule has 0 radical (unpaired) electrons. The van der Waals surface area contributed by atoms with Crippen molar-refractivity contribution in [3.63, 3.8) is 0 Å². The van der Waals surface area contributed by atoms with Gasteiger partial charge in [0.25, 0.3) is 11.8 Å². The molecule has 3 aromatic rings. The molecule has 2 amide bonds. The highest BCUT2D eigenvalue weighted by Gasteiger charge is 2.42. The number of methoxy groups -OCH3 is 1. The highest BCUT2D eigenvalue weighted by Crippen LogP contribution is 2.50. The van der Waals surface area contributed by atoms with Crippen molar-refractivity contribution >= 4 is 17.5 Å². The van der Waals surface area contributed by atoms with Crippen molar-refractivity contribution in [1.82, 2.24) is 4.98 Å². The second kappa shape index (κ2) is 10.3. The van der Waals surface area contributed by atoms with Gasteiger partial charge in [0.1, 0.15) is 17.2 Å². The van der Waals surface area contributed by atoms with E-state index in [1.54, 1.807) is 0 Å². The van der Waals surface area contributed by atoms with E-state index in [0.29, 0.717) is 12.8 Å². The molecule has 4 rings (SSSR count). The third-order valence-corrected chi connectivity index (χ3v) is 5.58. The van der Waals surface area contributed by atoms with Crippen LogP contribution in [0.4, 0.5) is 32.0 Å². The van der Waals surface area contributed by atoms with E-state index in [1.807, 2.05) is 0 Å². The van der Waals surface area contributed by atoms with E-state index in [-0.39, 0.29) is 34.2 Å². The van der Waals surface area contributed by atoms with Crippen LogP contribution in [0.15, 0.2) is 48.7 Å². The summed E-state index contributed by atoms with van der Waals surface area (Å²) in [6.45, 7) is 0. The van der Waals surface area contributed by atoms with Gasteiger partial charge in [-0.15, -0.1) is 13.2 Å². The average molecular weight is 555 g/mol. The Labute approximate surface area is 216 Å².